The van der Waals surface area contributed by atoms with Crippen molar-refractivity contribution in [1.82, 2.24) is 16.0 Å². The van der Waals surface area contributed by atoms with E-state index in [1.807, 2.05) is 0 Å². The van der Waals surface area contributed by atoms with Crippen LogP contribution in [0.5, 0.6) is 11.5 Å². The lowest BCUT2D eigenvalue weighted by molar-refractivity contribution is -0.120. The van der Waals surface area contributed by atoms with Crippen LogP contribution in [-0.4, -0.2) is 49.9 Å². The number of hydrogen-bond acceptors (Lipinski definition) is 6. The molecule has 2 rings (SSSR count). The van der Waals surface area contributed by atoms with Crippen LogP contribution < -0.4 is 25.4 Å². The maximum atomic E-state index is 12.1. The normalized spacial score (nSPS) is 12.3. The van der Waals surface area contributed by atoms with Crippen LogP contribution in [0, 0.1) is 0 Å². The number of amides is 3. The quantitative estimate of drug-likeness (QED) is 0.613. The first kappa shape index (κ1) is 20.3. The molecule has 0 fully saturated rings. The summed E-state index contributed by atoms with van der Waals surface area (Å²) in [5, 5.41) is 7.79. The van der Waals surface area contributed by atoms with Crippen LogP contribution in [0.25, 0.3) is 0 Å². The van der Waals surface area contributed by atoms with E-state index in [1.54, 1.807) is 39.0 Å². The molecule has 0 aromatic heterocycles. The molecule has 1 aromatic rings. The van der Waals surface area contributed by atoms with Gasteiger partial charge in [-0.3, -0.25) is 9.59 Å². The van der Waals surface area contributed by atoms with Gasteiger partial charge in [-0.1, -0.05) is 0 Å². The number of rotatable bonds is 7. The van der Waals surface area contributed by atoms with E-state index in [-0.39, 0.29) is 25.2 Å². The first-order chi connectivity index (χ1) is 12.7. The second-order valence-electron chi connectivity index (χ2n) is 6.88. The maximum absolute atomic E-state index is 12.1. The van der Waals surface area contributed by atoms with Gasteiger partial charge in [-0.25, -0.2) is 4.79 Å². The third-order valence-electron chi connectivity index (χ3n) is 3.39. The fraction of sp³-hybridized carbons (Fsp3) is 0.500. The van der Waals surface area contributed by atoms with Crippen LogP contribution in [0.2, 0.25) is 0 Å². The minimum atomic E-state index is -0.645. The van der Waals surface area contributed by atoms with E-state index in [4.69, 9.17) is 14.2 Å². The van der Waals surface area contributed by atoms with Crippen molar-refractivity contribution in [3.63, 3.8) is 0 Å². The van der Waals surface area contributed by atoms with E-state index in [9.17, 15) is 14.4 Å². The Morgan fingerprint density at radius 1 is 1.04 bits per heavy atom. The van der Waals surface area contributed by atoms with Gasteiger partial charge in [-0.15, -0.1) is 0 Å². The molecular formula is C18H25N3O6. The van der Waals surface area contributed by atoms with Crippen molar-refractivity contribution in [2.75, 3.05) is 26.4 Å². The summed E-state index contributed by atoms with van der Waals surface area (Å²) in [6.07, 6.45) is -0.0947. The molecule has 0 atom stereocenters. The Bertz CT molecular complexity index is 699. The standard InChI is InChI=1S/C18H25N3O6/c1-18(2,3)27-17(24)21-10-15(22)19-7-4-8-20-16(23)12-5-6-13-14(9-12)26-11-25-13/h5-6,9H,4,7-8,10-11H2,1-3H3,(H,19,22)(H,20,23)(H,21,24). The second-order valence-corrected chi connectivity index (χ2v) is 6.88. The summed E-state index contributed by atoms with van der Waals surface area (Å²) in [6.45, 7) is 5.98. The van der Waals surface area contributed by atoms with Gasteiger partial charge in [0.1, 0.15) is 5.60 Å². The predicted octanol–water partition coefficient (Wildman–Crippen LogP) is 1.18. The summed E-state index contributed by atoms with van der Waals surface area (Å²) in [4.78, 5) is 35.2. The third-order valence-corrected chi connectivity index (χ3v) is 3.39. The molecular weight excluding hydrogens is 354 g/mol. The molecule has 3 N–H and O–H groups in total. The van der Waals surface area contributed by atoms with E-state index < -0.39 is 11.7 Å². The van der Waals surface area contributed by atoms with Gasteiger partial charge < -0.3 is 30.2 Å². The lowest BCUT2D eigenvalue weighted by Gasteiger charge is -2.19. The Hall–Kier alpha value is -2.97. The molecule has 1 aliphatic rings. The fourth-order valence-corrected chi connectivity index (χ4v) is 2.19. The molecule has 0 radical (unpaired) electrons. The van der Waals surface area contributed by atoms with Gasteiger partial charge >= 0.3 is 6.09 Å². The largest absolute Gasteiger partial charge is 0.454 e. The highest BCUT2D eigenvalue weighted by molar-refractivity contribution is 5.94. The minimum Gasteiger partial charge on any atom is -0.454 e. The zero-order valence-electron chi connectivity index (χ0n) is 15.7. The molecule has 3 amide bonds. The fourth-order valence-electron chi connectivity index (χ4n) is 2.19. The molecule has 1 aliphatic heterocycles. The Balaban J connectivity index is 1.58. The summed E-state index contributed by atoms with van der Waals surface area (Å²) in [5.74, 6) is 0.607. The Kier molecular flexibility index (Phi) is 6.86. The third kappa shape index (κ3) is 7.04. The number of carbonyl (C=O) groups is 3. The van der Waals surface area contributed by atoms with Crippen LogP contribution in [0.4, 0.5) is 4.79 Å². The van der Waals surface area contributed by atoms with Gasteiger partial charge in [0.15, 0.2) is 11.5 Å². The van der Waals surface area contributed by atoms with E-state index >= 15 is 0 Å². The van der Waals surface area contributed by atoms with Crippen molar-refractivity contribution in [2.24, 2.45) is 0 Å². The molecule has 0 saturated carbocycles. The van der Waals surface area contributed by atoms with Gasteiger partial charge in [-0.2, -0.15) is 0 Å². The molecule has 0 saturated heterocycles. The van der Waals surface area contributed by atoms with Crippen LogP contribution in [0.1, 0.15) is 37.6 Å². The topological polar surface area (TPSA) is 115 Å². The second kappa shape index (κ2) is 9.11. The van der Waals surface area contributed by atoms with Gasteiger partial charge in [0.25, 0.3) is 5.91 Å². The van der Waals surface area contributed by atoms with E-state index in [0.29, 0.717) is 36.6 Å². The van der Waals surface area contributed by atoms with Crippen molar-refractivity contribution in [3.8, 4) is 11.5 Å². The molecule has 9 heteroatoms. The zero-order valence-corrected chi connectivity index (χ0v) is 15.7. The molecule has 1 aromatic carbocycles. The van der Waals surface area contributed by atoms with E-state index in [0.717, 1.165) is 0 Å². The molecule has 9 nitrogen and oxygen atoms in total. The molecule has 1 heterocycles. The van der Waals surface area contributed by atoms with Gasteiger partial charge in [0, 0.05) is 18.7 Å². The summed E-state index contributed by atoms with van der Waals surface area (Å²) >= 11 is 0. The number of alkyl carbamates (subject to hydrolysis) is 1. The first-order valence-electron chi connectivity index (χ1n) is 8.66. The van der Waals surface area contributed by atoms with E-state index in [1.165, 1.54) is 0 Å². The number of ether oxygens (including phenoxy) is 3. The van der Waals surface area contributed by atoms with Crippen LogP contribution in [0.3, 0.4) is 0 Å². The predicted molar refractivity (Wildman–Crippen MR) is 96.8 cm³/mol. The number of fused-ring (bicyclic) bond motifs is 1. The average molecular weight is 379 g/mol. The highest BCUT2D eigenvalue weighted by atomic mass is 16.7. The number of hydrogen-bond donors (Lipinski definition) is 3. The Morgan fingerprint density at radius 3 is 2.48 bits per heavy atom. The van der Waals surface area contributed by atoms with Crippen molar-refractivity contribution >= 4 is 17.9 Å². The van der Waals surface area contributed by atoms with Crippen molar-refractivity contribution in [2.45, 2.75) is 32.8 Å². The van der Waals surface area contributed by atoms with Crippen LogP contribution >= 0.6 is 0 Å². The number of benzene rings is 1. The Labute approximate surface area is 157 Å². The molecule has 0 spiro atoms. The average Bonchev–Trinajstić information content (AvgIpc) is 3.05. The van der Waals surface area contributed by atoms with Crippen molar-refractivity contribution in [1.29, 1.82) is 0 Å². The van der Waals surface area contributed by atoms with Crippen LogP contribution in [0.15, 0.2) is 18.2 Å². The summed E-state index contributed by atoms with van der Waals surface area (Å²) < 4.78 is 15.5. The maximum Gasteiger partial charge on any atom is 0.408 e. The monoisotopic (exact) mass is 379 g/mol. The summed E-state index contributed by atoms with van der Waals surface area (Å²) in [5.41, 5.74) is -0.138. The van der Waals surface area contributed by atoms with Crippen molar-refractivity contribution in [3.05, 3.63) is 23.8 Å². The summed E-state index contributed by atoms with van der Waals surface area (Å²) in [7, 11) is 0. The summed E-state index contributed by atoms with van der Waals surface area (Å²) in [6, 6.07) is 4.98. The Morgan fingerprint density at radius 2 is 1.74 bits per heavy atom. The smallest absolute Gasteiger partial charge is 0.408 e. The number of carbonyl (C=O) groups excluding carboxylic acids is 3. The minimum absolute atomic E-state index is 0.156. The first-order valence-corrected chi connectivity index (χ1v) is 8.66. The lowest BCUT2D eigenvalue weighted by Crippen LogP contribution is -2.40. The molecule has 27 heavy (non-hydrogen) atoms. The van der Waals surface area contributed by atoms with Gasteiger partial charge in [0.2, 0.25) is 12.7 Å². The molecule has 0 bridgehead atoms. The molecule has 0 unspecified atom stereocenters. The van der Waals surface area contributed by atoms with Gasteiger partial charge in [-0.05, 0) is 45.4 Å². The van der Waals surface area contributed by atoms with Crippen molar-refractivity contribution < 1.29 is 28.6 Å². The van der Waals surface area contributed by atoms with E-state index in [2.05, 4.69) is 16.0 Å². The number of nitrogens with one attached hydrogen (secondary N) is 3. The highest BCUT2D eigenvalue weighted by Crippen LogP contribution is 2.32. The lowest BCUT2D eigenvalue weighted by atomic mass is 10.2. The molecule has 0 aliphatic carbocycles. The SMILES string of the molecule is CC(C)(C)OC(=O)NCC(=O)NCCCNC(=O)c1ccc2c(c1)OCO2. The zero-order chi connectivity index (χ0) is 19.9. The highest BCUT2D eigenvalue weighted by Gasteiger charge is 2.17. The molecule has 148 valence electrons. The van der Waals surface area contributed by atoms with Crippen LogP contribution in [-0.2, 0) is 9.53 Å². The van der Waals surface area contributed by atoms with Gasteiger partial charge in [0.05, 0.1) is 6.54 Å².